The number of hydrogen-bond acceptors (Lipinski definition) is 4. The van der Waals surface area contributed by atoms with Gasteiger partial charge in [0.25, 0.3) is 0 Å². The van der Waals surface area contributed by atoms with Crippen LogP contribution in [0.3, 0.4) is 0 Å². The number of rotatable bonds is 4. The van der Waals surface area contributed by atoms with Gasteiger partial charge in [-0.3, -0.25) is 0 Å². The van der Waals surface area contributed by atoms with Gasteiger partial charge in [0.05, 0.1) is 10.2 Å². The lowest BCUT2D eigenvalue weighted by molar-refractivity contribution is 0.425. The summed E-state index contributed by atoms with van der Waals surface area (Å²) in [5, 5.41) is 4.34. The number of aromatic nitrogens is 1. The number of para-hydroxylation sites is 1. The number of anilines is 1. The van der Waals surface area contributed by atoms with Crippen LogP contribution in [0.25, 0.3) is 10.2 Å². The van der Waals surface area contributed by atoms with Crippen LogP contribution < -0.4 is 5.32 Å². The van der Waals surface area contributed by atoms with E-state index >= 15 is 0 Å². The van der Waals surface area contributed by atoms with Crippen molar-refractivity contribution < 1.29 is 0 Å². The molecule has 1 aromatic carbocycles. The molecule has 0 saturated heterocycles. The van der Waals surface area contributed by atoms with E-state index in [1.807, 2.05) is 18.2 Å². The zero-order valence-electron chi connectivity index (χ0n) is 9.03. The van der Waals surface area contributed by atoms with Gasteiger partial charge in [-0.05, 0) is 26.2 Å². The maximum absolute atomic E-state index is 4.50. The van der Waals surface area contributed by atoms with Crippen LogP contribution in [0.4, 0.5) is 5.13 Å². The number of thiazole rings is 1. The number of hydrogen-bond donors (Lipinski definition) is 1. The highest BCUT2D eigenvalue weighted by Crippen LogP contribution is 2.24. The molecule has 2 rings (SSSR count). The third-order valence-electron chi connectivity index (χ3n) is 2.13. The average molecular weight is 221 g/mol. The SMILES string of the molecule is CN(C)CCNc1nc2ccccc2s1. The van der Waals surface area contributed by atoms with Gasteiger partial charge in [-0.25, -0.2) is 4.98 Å². The topological polar surface area (TPSA) is 28.2 Å². The summed E-state index contributed by atoms with van der Waals surface area (Å²) in [5.74, 6) is 0. The first-order valence-corrected chi connectivity index (χ1v) is 5.81. The van der Waals surface area contributed by atoms with Crippen molar-refractivity contribution in [1.29, 1.82) is 0 Å². The van der Waals surface area contributed by atoms with Crippen molar-refractivity contribution in [3.8, 4) is 0 Å². The molecule has 0 spiro atoms. The van der Waals surface area contributed by atoms with E-state index < -0.39 is 0 Å². The van der Waals surface area contributed by atoms with Gasteiger partial charge in [-0.2, -0.15) is 0 Å². The van der Waals surface area contributed by atoms with Crippen LogP contribution in [0.15, 0.2) is 24.3 Å². The molecule has 0 unspecified atom stereocenters. The molecule has 4 heteroatoms. The first kappa shape index (κ1) is 10.4. The maximum Gasteiger partial charge on any atom is 0.183 e. The Morgan fingerprint density at radius 1 is 1.33 bits per heavy atom. The lowest BCUT2D eigenvalue weighted by Gasteiger charge is -2.08. The van der Waals surface area contributed by atoms with Gasteiger partial charge in [-0.15, -0.1) is 0 Å². The Morgan fingerprint density at radius 3 is 2.87 bits per heavy atom. The highest BCUT2D eigenvalue weighted by Gasteiger charge is 2.01. The summed E-state index contributed by atoms with van der Waals surface area (Å²) in [4.78, 5) is 6.65. The fraction of sp³-hybridized carbons (Fsp3) is 0.364. The van der Waals surface area contributed by atoms with Gasteiger partial charge in [0, 0.05) is 13.1 Å². The Bertz CT molecular complexity index is 403. The fourth-order valence-electron chi connectivity index (χ4n) is 1.33. The fourth-order valence-corrected chi connectivity index (χ4v) is 2.23. The summed E-state index contributed by atoms with van der Waals surface area (Å²) < 4.78 is 1.24. The number of fused-ring (bicyclic) bond motifs is 1. The monoisotopic (exact) mass is 221 g/mol. The van der Waals surface area contributed by atoms with Crippen molar-refractivity contribution in [2.24, 2.45) is 0 Å². The first-order valence-electron chi connectivity index (χ1n) is 5.00. The number of likely N-dealkylation sites (N-methyl/N-ethyl adjacent to an activating group) is 1. The molecule has 0 bridgehead atoms. The highest BCUT2D eigenvalue weighted by molar-refractivity contribution is 7.22. The molecule has 0 aliphatic rings. The van der Waals surface area contributed by atoms with Gasteiger partial charge in [-0.1, -0.05) is 23.5 Å². The van der Waals surface area contributed by atoms with Gasteiger partial charge in [0.15, 0.2) is 5.13 Å². The minimum atomic E-state index is 0.937. The Kier molecular flexibility index (Phi) is 3.18. The molecule has 15 heavy (non-hydrogen) atoms. The second kappa shape index (κ2) is 4.59. The number of benzene rings is 1. The second-order valence-electron chi connectivity index (χ2n) is 3.72. The summed E-state index contributed by atoms with van der Waals surface area (Å²) >= 11 is 1.71. The molecule has 0 radical (unpaired) electrons. The lowest BCUT2D eigenvalue weighted by atomic mass is 10.3. The van der Waals surface area contributed by atoms with Crippen molar-refractivity contribution in [3.05, 3.63) is 24.3 Å². The van der Waals surface area contributed by atoms with Crippen molar-refractivity contribution in [2.75, 3.05) is 32.5 Å². The minimum Gasteiger partial charge on any atom is -0.360 e. The van der Waals surface area contributed by atoms with Crippen LogP contribution in [0.5, 0.6) is 0 Å². The molecule has 0 saturated carbocycles. The summed E-state index contributed by atoms with van der Waals surface area (Å²) in [5.41, 5.74) is 1.08. The van der Waals surface area contributed by atoms with Gasteiger partial charge in [0.1, 0.15) is 0 Å². The Balaban J connectivity index is 2.03. The third kappa shape index (κ3) is 2.67. The van der Waals surface area contributed by atoms with Crippen molar-refractivity contribution in [3.63, 3.8) is 0 Å². The standard InChI is InChI=1S/C11H15N3S/c1-14(2)8-7-12-11-13-9-5-3-4-6-10(9)15-11/h3-6H,7-8H2,1-2H3,(H,12,13). The Morgan fingerprint density at radius 2 is 2.13 bits per heavy atom. The van der Waals surface area contributed by atoms with E-state index in [4.69, 9.17) is 0 Å². The first-order chi connectivity index (χ1) is 7.25. The van der Waals surface area contributed by atoms with E-state index in [0.29, 0.717) is 0 Å². The van der Waals surface area contributed by atoms with Crippen molar-refractivity contribution in [2.45, 2.75) is 0 Å². The molecule has 0 amide bonds. The summed E-state index contributed by atoms with van der Waals surface area (Å²) in [6, 6.07) is 8.21. The van der Waals surface area contributed by atoms with Crippen LogP contribution in [0.2, 0.25) is 0 Å². The molecular weight excluding hydrogens is 206 g/mol. The molecule has 80 valence electrons. The molecule has 3 nitrogen and oxygen atoms in total. The molecule has 0 aliphatic heterocycles. The molecule has 0 aliphatic carbocycles. The van der Waals surface area contributed by atoms with Crippen LogP contribution >= 0.6 is 11.3 Å². The molecule has 1 heterocycles. The highest BCUT2D eigenvalue weighted by atomic mass is 32.1. The third-order valence-corrected chi connectivity index (χ3v) is 3.12. The summed E-state index contributed by atoms with van der Waals surface area (Å²) in [6.07, 6.45) is 0. The van der Waals surface area contributed by atoms with E-state index in [2.05, 4.69) is 35.4 Å². The van der Waals surface area contributed by atoms with E-state index in [9.17, 15) is 0 Å². The van der Waals surface area contributed by atoms with Crippen LogP contribution in [0.1, 0.15) is 0 Å². The molecular formula is C11H15N3S. The predicted molar refractivity (Wildman–Crippen MR) is 66.7 cm³/mol. The van der Waals surface area contributed by atoms with Gasteiger partial charge < -0.3 is 10.2 Å². The second-order valence-corrected chi connectivity index (χ2v) is 4.75. The quantitative estimate of drug-likeness (QED) is 0.858. The summed E-state index contributed by atoms with van der Waals surface area (Å²) in [6.45, 7) is 1.96. The zero-order valence-corrected chi connectivity index (χ0v) is 9.84. The lowest BCUT2D eigenvalue weighted by Crippen LogP contribution is -2.20. The largest absolute Gasteiger partial charge is 0.360 e. The number of nitrogens with one attached hydrogen (secondary N) is 1. The van der Waals surface area contributed by atoms with Crippen LogP contribution in [-0.4, -0.2) is 37.1 Å². The normalized spacial score (nSPS) is 11.1. The number of nitrogens with zero attached hydrogens (tertiary/aromatic N) is 2. The minimum absolute atomic E-state index is 0.937. The zero-order chi connectivity index (χ0) is 10.7. The van der Waals surface area contributed by atoms with E-state index in [1.54, 1.807) is 11.3 Å². The Hall–Kier alpha value is -1.13. The van der Waals surface area contributed by atoms with E-state index in [-0.39, 0.29) is 0 Å². The maximum atomic E-state index is 4.50. The molecule has 0 atom stereocenters. The predicted octanol–water partition coefficient (Wildman–Crippen LogP) is 2.27. The molecule has 1 N–H and O–H groups in total. The van der Waals surface area contributed by atoms with Gasteiger partial charge >= 0.3 is 0 Å². The average Bonchev–Trinajstić information content (AvgIpc) is 2.59. The molecule has 1 aromatic heterocycles. The van der Waals surface area contributed by atoms with Crippen LogP contribution in [-0.2, 0) is 0 Å². The molecule has 0 fully saturated rings. The van der Waals surface area contributed by atoms with Gasteiger partial charge in [0.2, 0.25) is 0 Å². The summed E-state index contributed by atoms with van der Waals surface area (Å²) in [7, 11) is 4.14. The molecule has 2 aromatic rings. The smallest absolute Gasteiger partial charge is 0.183 e. The van der Waals surface area contributed by atoms with E-state index in [0.717, 1.165) is 23.7 Å². The van der Waals surface area contributed by atoms with E-state index in [1.165, 1.54) is 4.70 Å². The Labute approximate surface area is 93.7 Å². The van der Waals surface area contributed by atoms with Crippen molar-refractivity contribution in [1.82, 2.24) is 9.88 Å². The van der Waals surface area contributed by atoms with Crippen molar-refractivity contribution >= 4 is 26.7 Å². The van der Waals surface area contributed by atoms with Crippen LogP contribution in [0, 0.1) is 0 Å².